The predicted molar refractivity (Wildman–Crippen MR) is 62.7 cm³/mol. The summed E-state index contributed by atoms with van der Waals surface area (Å²) in [5.74, 6) is -0.355. The van der Waals surface area contributed by atoms with Gasteiger partial charge in [0.15, 0.2) is 0 Å². The summed E-state index contributed by atoms with van der Waals surface area (Å²) in [6.45, 7) is 0.808. The fourth-order valence-corrected chi connectivity index (χ4v) is 1.52. The van der Waals surface area contributed by atoms with E-state index in [4.69, 9.17) is 9.84 Å². The molecule has 18 heavy (non-hydrogen) atoms. The topological polar surface area (TPSA) is 41.5 Å². The van der Waals surface area contributed by atoms with Crippen molar-refractivity contribution in [3.63, 3.8) is 0 Å². The van der Waals surface area contributed by atoms with E-state index in [1.807, 2.05) is 0 Å². The van der Waals surface area contributed by atoms with Gasteiger partial charge < -0.3 is 15.2 Å². The quantitative estimate of drug-likeness (QED) is 0.858. The highest BCUT2D eigenvalue weighted by Gasteiger charge is 2.42. The number of aliphatic hydroxyl groups is 1. The highest BCUT2D eigenvalue weighted by Crippen LogP contribution is 2.29. The van der Waals surface area contributed by atoms with Crippen molar-refractivity contribution in [1.82, 2.24) is 0 Å². The van der Waals surface area contributed by atoms with Gasteiger partial charge in [0.2, 0.25) is 0 Å². The van der Waals surface area contributed by atoms with E-state index >= 15 is 0 Å². The molecule has 0 saturated carbocycles. The number of methoxy groups -OCH3 is 1. The van der Waals surface area contributed by atoms with Gasteiger partial charge in [0.1, 0.15) is 11.8 Å². The Balaban J connectivity index is 2.82. The standard InChI is InChI=1S/C12H16F3NO2/c1-8(7-17)11(12(13,14)15)16-9-3-5-10(18-2)6-4-9/h3-6,8,11,16-17H,7H2,1-2H3/t8-,11+/m0/s1. The van der Waals surface area contributed by atoms with Crippen LogP contribution >= 0.6 is 0 Å². The number of ether oxygens (including phenoxy) is 1. The SMILES string of the molecule is COc1ccc(N[C@H]([C@@H](C)CO)C(F)(F)F)cc1. The van der Waals surface area contributed by atoms with Crippen molar-refractivity contribution in [2.24, 2.45) is 5.92 Å². The van der Waals surface area contributed by atoms with Crippen LogP contribution in [0.25, 0.3) is 0 Å². The molecule has 0 heterocycles. The van der Waals surface area contributed by atoms with Gasteiger partial charge in [0, 0.05) is 18.2 Å². The van der Waals surface area contributed by atoms with E-state index in [2.05, 4.69) is 5.32 Å². The van der Waals surface area contributed by atoms with Crippen molar-refractivity contribution in [3.05, 3.63) is 24.3 Å². The average molecular weight is 263 g/mol. The summed E-state index contributed by atoms with van der Waals surface area (Å²) in [5, 5.41) is 11.2. The summed E-state index contributed by atoms with van der Waals surface area (Å²) in [4.78, 5) is 0. The van der Waals surface area contributed by atoms with Crippen LogP contribution in [0.5, 0.6) is 5.75 Å². The summed E-state index contributed by atoms with van der Waals surface area (Å²) < 4.78 is 43.3. The molecule has 0 amide bonds. The Morgan fingerprint density at radius 1 is 1.28 bits per heavy atom. The van der Waals surface area contributed by atoms with Gasteiger partial charge in [-0.3, -0.25) is 0 Å². The summed E-state index contributed by atoms with van der Waals surface area (Å²) in [7, 11) is 1.48. The Morgan fingerprint density at radius 3 is 2.22 bits per heavy atom. The smallest absolute Gasteiger partial charge is 0.408 e. The first-order chi connectivity index (χ1) is 8.38. The molecule has 0 saturated heterocycles. The maximum atomic E-state index is 12.8. The maximum absolute atomic E-state index is 12.8. The number of rotatable bonds is 5. The minimum absolute atomic E-state index is 0.332. The molecule has 0 aliphatic rings. The molecule has 1 aromatic rings. The van der Waals surface area contributed by atoms with Gasteiger partial charge >= 0.3 is 6.18 Å². The second-order valence-electron chi connectivity index (χ2n) is 4.05. The van der Waals surface area contributed by atoms with Gasteiger partial charge in [-0.2, -0.15) is 13.2 Å². The molecule has 0 aromatic heterocycles. The van der Waals surface area contributed by atoms with Gasteiger partial charge in [-0.25, -0.2) is 0 Å². The largest absolute Gasteiger partial charge is 0.497 e. The lowest BCUT2D eigenvalue weighted by molar-refractivity contribution is -0.154. The van der Waals surface area contributed by atoms with Crippen LogP contribution in [-0.2, 0) is 0 Å². The Bertz CT molecular complexity index is 365. The molecular weight excluding hydrogens is 247 g/mol. The summed E-state index contributed by atoms with van der Waals surface area (Å²) >= 11 is 0. The van der Waals surface area contributed by atoms with Crippen molar-refractivity contribution in [2.45, 2.75) is 19.1 Å². The first kappa shape index (κ1) is 14.6. The van der Waals surface area contributed by atoms with Crippen LogP contribution in [0.2, 0.25) is 0 Å². The summed E-state index contributed by atoms with van der Waals surface area (Å²) in [6.07, 6.45) is -4.41. The van der Waals surface area contributed by atoms with E-state index in [1.165, 1.54) is 26.2 Å². The minimum Gasteiger partial charge on any atom is -0.497 e. The van der Waals surface area contributed by atoms with Crippen LogP contribution in [0.15, 0.2) is 24.3 Å². The number of benzene rings is 1. The van der Waals surface area contributed by atoms with Crippen LogP contribution < -0.4 is 10.1 Å². The van der Waals surface area contributed by atoms with Crippen molar-refractivity contribution in [1.29, 1.82) is 0 Å². The molecule has 0 radical (unpaired) electrons. The van der Waals surface area contributed by atoms with Gasteiger partial charge in [0.25, 0.3) is 0 Å². The van der Waals surface area contributed by atoms with Crippen LogP contribution in [0.3, 0.4) is 0 Å². The fraction of sp³-hybridized carbons (Fsp3) is 0.500. The molecule has 2 N–H and O–H groups in total. The van der Waals surface area contributed by atoms with Crippen molar-refractivity contribution < 1.29 is 23.0 Å². The molecule has 3 nitrogen and oxygen atoms in total. The average Bonchev–Trinajstić information content (AvgIpc) is 2.34. The van der Waals surface area contributed by atoms with E-state index in [0.29, 0.717) is 11.4 Å². The first-order valence-electron chi connectivity index (χ1n) is 5.46. The molecule has 1 aromatic carbocycles. The lowest BCUT2D eigenvalue weighted by Crippen LogP contribution is -2.42. The summed E-state index contributed by atoms with van der Waals surface area (Å²) in [6, 6.07) is 4.36. The van der Waals surface area contributed by atoms with E-state index in [-0.39, 0.29) is 0 Å². The highest BCUT2D eigenvalue weighted by molar-refractivity contribution is 5.47. The number of halogens is 3. The zero-order valence-electron chi connectivity index (χ0n) is 10.2. The Morgan fingerprint density at radius 2 is 1.83 bits per heavy atom. The maximum Gasteiger partial charge on any atom is 0.408 e. The van der Waals surface area contributed by atoms with E-state index < -0.39 is 24.7 Å². The predicted octanol–water partition coefficient (Wildman–Crippen LogP) is 2.67. The molecule has 0 aliphatic carbocycles. The second-order valence-corrected chi connectivity index (χ2v) is 4.05. The molecule has 0 spiro atoms. The lowest BCUT2D eigenvalue weighted by Gasteiger charge is -2.27. The highest BCUT2D eigenvalue weighted by atomic mass is 19.4. The molecule has 6 heteroatoms. The Labute approximate surface area is 104 Å². The zero-order valence-corrected chi connectivity index (χ0v) is 10.2. The number of hydrogen-bond acceptors (Lipinski definition) is 3. The van der Waals surface area contributed by atoms with Gasteiger partial charge in [-0.05, 0) is 24.3 Å². The lowest BCUT2D eigenvalue weighted by atomic mass is 10.0. The number of aliphatic hydroxyl groups excluding tert-OH is 1. The van der Waals surface area contributed by atoms with E-state index in [1.54, 1.807) is 12.1 Å². The monoisotopic (exact) mass is 263 g/mol. The minimum atomic E-state index is -4.41. The van der Waals surface area contributed by atoms with Gasteiger partial charge in [-0.1, -0.05) is 6.92 Å². The van der Waals surface area contributed by atoms with Gasteiger partial charge in [-0.15, -0.1) is 0 Å². The molecule has 102 valence electrons. The van der Waals surface area contributed by atoms with Crippen molar-refractivity contribution in [2.75, 3.05) is 19.0 Å². The number of anilines is 1. The molecule has 2 atom stereocenters. The zero-order chi connectivity index (χ0) is 13.8. The Hall–Kier alpha value is -1.43. The molecule has 0 bridgehead atoms. The molecular formula is C12H16F3NO2. The molecule has 0 fully saturated rings. The first-order valence-corrected chi connectivity index (χ1v) is 5.46. The molecule has 0 aliphatic heterocycles. The van der Waals surface area contributed by atoms with Crippen LogP contribution in [0.4, 0.5) is 18.9 Å². The molecule has 1 rings (SSSR count). The number of alkyl halides is 3. The molecule has 0 unspecified atom stereocenters. The van der Waals surface area contributed by atoms with E-state index in [0.717, 1.165) is 0 Å². The third kappa shape index (κ3) is 3.80. The van der Waals surface area contributed by atoms with Crippen LogP contribution in [0, 0.1) is 5.92 Å². The van der Waals surface area contributed by atoms with Crippen molar-refractivity contribution in [3.8, 4) is 5.75 Å². The van der Waals surface area contributed by atoms with Gasteiger partial charge in [0.05, 0.1) is 7.11 Å². The van der Waals surface area contributed by atoms with Crippen LogP contribution in [-0.4, -0.2) is 31.0 Å². The fourth-order valence-electron chi connectivity index (χ4n) is 1.52. The second kappa shape index (κ2) is 5.95. The van der Waals surface area contributed by atoms with E-state index in [9.17, 15) is 13.2 Å². The van der Waals surface area contributed by atoms with Crippen molar-refractivity contribution >= 4 is 5.69 Å². The number of nitrogens with one attached hydrogen (secondary N) is 1. The third-order valence-electron chi connectivity index (χ3n) is 2.62. The normalized spacial score (nSPS) is 15.0. The third-order valence-corrected chi connectivity index (χ3v) is 2.62. The summed E-state index contributed by atoms with van der Waals surface area (Å²) in [5.41, 5.74) is 0.332. The number of hydrogen-bond donors (Lipinski definition) is 2. The van der Waals surface area contributed by atoms with Crippen LogP contribution in [0.1, 0.15) is 6.92 Å². The Kier molecular flexibility index (Phi) is 4.84.